The zero-order chi connectivity index (χ0) is 7.84. The first-order valence-corrected chi connectivity index (χ1v) is 4.24. The fourth-order valence-electron chi connectivity index (χ4n) is 1.26. The highest BCUT2D eigenvalue weighted by Crippen LogP contribution is 2.24. The van der Waals surface area contributed by atoms with Gasteiger partial charge in [0, 0.05) is 13.0 Å². The van der Waals surface area contributed by atoms with Crippen LogP contribution in [0.1, 0.15) is 5.69 Å². The molecular formula is C7H8BrN3. The Hall–Kier alpha value is -0.610. The van der Waals surface area contributed by atoms with Gasteiger partial charge in [-0.05, 0) is 28.1 Å². The number of halogens is 1. The van der Waals surface area contributed by atoms with Crippen molar-refractivity contribution in [1.82, 2.24) is 4.98 Å². The van der Waals surface area contributed by atoms with E-state index in [0.29, 0.717) is 0 Å². The minimum Gasteiger partial charge on any atom is -0.309 e. The molecule has 1 aromatic rings. The van der Waals surface area contributed by atoms with Gasteiger partial charge in [-0.15, -0.1) is 0 Å². The van der Waals surface area contributed by atoms with Crippen LogP contribution >= 0.6 is 15.9 Å². The molecule has 0 bridgehead atoms. The number of nitrogens with two attached hydrogens (primary N) is 1. The van der Waals surface area contributed by atoms with Gasteiger partial charge in [0.05, 0.1) is 11.4 Å². The average Bonchev–Trinajstić information content (AvgIpc) is 2.32. The lowest BCUT2D eigenvalue weighted by Gasteiger charge is -2.09. The molecule has 0 unspecified atom stereocenters. The maximum absolute atomic E-state index is 5.67. The van der Waals surface area contributed by atoms with Crippen LogP contribution in [0.25, 0.3) is 0 Å². The SMILES string of the molecule is NN1CCc2nc(Br)ccc21. The standard InChI is InChI=1S/C7H8BrN3/c8-7-2-1-6-5(10-7)3-4-11(6)9/h1-2H,3-4,9H2. The monoisotopic (exact) mass is 213 g/mol. The molecule has 1 aliphatic heterocycles. The summed E-state index contributed by atoms with van der Waals surface area (Å²) in [6.07, 6.45) is 0.950. The molecule has 58 valence electrons. The third kappa shape index (κ3) is 1.12. The molecule has 0 fully saturated rings. The number of fused-ring (bicyclic) bond motifs is 1. The number of pyridine rings is 1. The van der Waals surface area contributed by atoms with Gasteiger partial charge in [-0.25, -0.2) is 10.8 Å². The van der Waals surface area contributed by atoms with E-state index in [1.54, 1.807) is 5.01 Å². The number of hydrogen-bond acceptors (Lipinski definition) is 3. The molecule has 0 atom stereocenters. The summed E-state index contributed by atoms with van der Waals surface area (Å²) in [6.45, 7) is 0.874. The number of nitrogens with zero attached hydrogens (tertiary/aromatic N) is 2. The second-order valence-corrected chi connectivity index (χ2v) is 3.36. The summed E-state index contributed by atoms with van der Waals surface area (Å²) < 4.78 is 0.881. The van der Waals surface area contributed by atoms with Crippen LogP contribution in [-0.4, -0.2) is 11.5 Å². The van der Waals surface area contributed by atoms with Gasteiger partial charge in [0.15, 0.2) is 0 Å². The first kappa shape index (κ1) is 7.06. The predicted octanol–water partition coefficient (Wildman–Crippen LogP) is 1.08. The van der Waals surface area contributed by atoms with E-state index in [0.717, 1.165) is 29.0 Å². The summed E-state index contributed by atoms with van der Waals surface area (Å²) >= 11 is 3.31. The Kier molecular flexibility index (Phi) is 1.58. The molecule has 2 rings (SSSR count). The molecule has 4 heteroatoms. The molecule has 0 aromatic carbocycles. The normalized spacial score (nSPS) is 15.3. The Labute approximate surface area is 73.3 Å². The summed E-state index contributed by atoms with van der Waals surface area (Å²) in [6, 6.07) is 3.89. The molecule has 0 saturated heterocycles. The van der Waals surface area contributed by atoms with E-state index in [4.69, 9.17) is 5.84 Å². The summed E-state index contributed by atoms with van der Waals surface area (Å²) in [5, 5.41) is 1.73. The Morgan fingerprint density at radius 1 is 1.55 bits per heavy atom. The third-order valence-corrected chi connectivity index (χ3v) is 2.26. The van der Waals surface area contributed by atoms with E-state index >= 15 is 0 Å². The lowest BCUT2D eigenvalue weighted by atomic mass is 10.3. The zero-order valence-electron chi connectivity index (χ0n) is 5.92. The second-order valence-electron chi connectivity index (χ2n) is 2.54. The molecule has 3 nitrogen and oxygen atoms in total. The minimum atomic E-state index is 0.874. The van der Waals surface area contributed by atoms with Crippen molar-refractivity contribution < 1.29 is 0 Å². The maximum Gasteiger partial charge on any atom is 0.106 e. The van der Waals surface area contributed by atoms with Crippen LogP contribution in [0.5, 0.6) is 0 Å². The van der Waals surface area contributed by atoms with Crippen LogP contribution < -0.4 is 10.9 Å². The predicted molar refractivity (Wildman–Crippen MR) is 47.2 cm³/mol. The lowest BCUT2D eigenvalue weighted by molar-refractivity contribution is 0.886. The number of aromatic nitrogens is 1. The van der Waals surface area contributed by atoms with Crippen LogP contribution in [0.4, 0.5) is 5.69 Å². The molecule has 11 heavy (non-hydrogen) atoms. The Bertz CT molecular complexity index is 287. The smallest absolute Gasteiger partial charge is 0.106 e. The molecular weight excluding hydrogens is 206 g/mol. The van der Waals surface area contributed by atoms with E-state index in [9.17, 15) is 0 Å². The molecule has 0 saturated carbocycles. The maximum atomic E-state index is 5.67. The Morgan fingerprint density at radius 3 is 3.18 bits per heavy atom. The van der Waals surface area contributed by atoms with Gasteiger partial charge in [0.2, 0.25) is 0 Å². The molecule has 0 aliphatic carbocycles. The van der Waals surface area contributed by atoms with Crippen molar-refractivity contribution >= 4 is 21.6 Å². The van der Waals surface area contributed by atoms with E-state index in [-0.39, 0.29) is 0 Å². The van der Waals surface area contributed by atoms with E-state index in [1.165, 1.54) is 0 Å². The van der Waals surface area contributed by atoms with E-state index < -0.39 is 0 Å². The molecule has 0 radical (unpaired) electrons. The van der Waals surface area contributed by atoms with Gasteiger partial charge in [-0.2, -0.15) is 0 Å². The average molecular weight is 214 g/mol. The highest BCUT2D eigenvalue weighted by Gasteiger charge is 2.16. The van der Waals surface area contributed by atoms with Crippen molar-refractivity contribution in [2.24, 2.45) is 5.84 Å². The fourth-order valence-corrected chi connectivity index (χ4v) is 1.61. The summed E-state index contributed by atoms with van der Waals surface area (Å²) in [5.41, 5.74) is 2.13. The topological polar surface area (TPSA) is 42.1 Å². The van der Waals surface area contributed by atoms with Crippen molar-refractivity contribution in [3.05, 3.63) is 22.4 Å². The first-order valence-electron chi connectivity index (χ1n) is 3.45. The van der Waals surface area contributed by atoms with Crippen molar-refractivity contribution in [3.63, 3.8) is 0 Å². The summed E-state index contributed by atoms with van der Waals surface area (Å²) in [7, 11) is 0. The fraction of sp³-hybridized carbons (Fsp3) is 0.286. The van der Waals surface area contributed by atoms with Crippen molar-refractivity contribution in [1.29, 1.82) is 0 Å². The largest absolute Gasteiger partial charge is 0.309 e. The van der Waals surface area contributed by atoms with Gasteiger partial charge in [0.25, 0.3) is 0 Å². The summed E-state index contributed by atoms with van der Waals surface area (Å²) in [4.78, 5) is 4.30. The van der Waals surface area contributed by atoms with Crippen LogP contribution in [0.3, 0.4) is 0 Å². The lowest BCUT2D eigenvalue weighted by Crippen LogP contribution is -2.27. The summed E-state index contributed by atoms with van der Waals surface area (Å²) in [5.74, 6) is 5.67. The van der Waals surface area contributed by atoms with Gasteiger partial charge >= 0.3 is 0 Å². The van der Waals surface area contributed by atoms with Crippen molar-refractivity contribution in [3.8, 4) is 0 Å². The van der Waals surface area contributed by atoms with Crippen LogP contribution in [0.2, 0.25) is 0 Å². The second kappa shape index (κ2) is 2.46. The van der Waals surface area contributed by atoms with Crippen LogP contribution in [0, 0.1) is 0 Å². The molecule has 2 N–H and O–H groups in total. The van der Waals surface area contributed by atoms with Gasteiger partial charge in [-0.3, -0.25) is 0 Å². The minimum absolute atomic E-state index is 0.874. The zero-order valence-corrected chi connectivity index (χ0v) is 7.50. The quantitative estimate of drug-likeness (QED) is 0.519. The molecule has 0 amide bonds. The molecule has 1 aromatic heterocycles. The highest BCUT2D eigenvalue weighted by molar-refractivity contribution is 9.10. The van der Waals surface area contributed by atoms with Gasteiger partial charge in [-0.1, -0.05) is 0 Å². The van der Waals surface area contributed by atoms with E-state index in [1.807, 2.05) is 12.1 Å². The Morgan fingerprint density at radius 2 is 2.36 bits per heavy atom. The number of anilines is 1. The Balaban J connectivity index is 2.50. The van der Waals surface area contributed by atoms with Crippen LogP contribution in [0.15, 0.2) is 16.7 Å². The molecule has 1 aliphatic rings. The van der Waals surface area contributed by atoms with Crippen LogP contribution in [-0.2, 0) is 6.42 Å². The third-order valence-electron chi connectivity index (χ3n) is 1.82. The van der Waals surface area contributed by atoms with Gasteiger partial charge in [0.1, 0.15) is 4.60 Å². The van der Waals surface area contributed by atoms with Gasteiger partial charge < -0.3 is 5.01 Å². The number of hydrazine groups is 1. The molecule has 0 spiro atoms. The number of rotatable bonds is 0. The van der Waals surface area contributed by atoms with E-state index in [2.05, 4.69) is 20.9 Å². The van der Waals surface area contributed by atoms with Crippen molar-refractivity contribution in [2.45, 2.75) is 6.42 Å². The first-order chi connectivity index (χ1) is 5.27. The molecule has 2 heterocycles. The number of hydrogen-bond donors (Lipinski definition) is 1. The van der Waals surface area contributed by atoms with Crippen molar-refractivity contribution in [2.75, 3.05) is 11.6 Å². The highest BCUT2D eigenvalue weighted by atomic mass is 79.9.